The minimum Gasteiger partial charge on any atom is -0.479 e. The first-order chi connectivity index (χ1) is 12.8. The number of aliphatic hydroxyl groups is 4. The second kappa shape index (κ2) is 9.48. The van der Waals surface area contributed by atoms with Crippen LogP contribution in [0.4, 0.5) is 0 Å². The van der Waals surface area contributed by atoms with E-state index in [2.05, 4.69) is 20.0 Å². The zero-order valence-electron chi connectivity index (χ0n) is 14.2. The molecule has 0 bridgehead atoms. The predicted octanol–water partition coefficient (Wildman–Crippen LogP) is -2.47. The lowest BCUT2D eigenvalue weighted by molar-refractivity contribution is -0.171. The van der Waals surface area contributed by atoms with Crippen molar-refractivity contribution in [2.24, 2.45) is 5.92 Å². The largest absolute Gasteiger partial charge is 0.479 e. The SMILES string of the molecule is O=C(O)[C@@H](O)[C@H](O)[C@H](O)[C@@H](O)C(=O)Oc1ncc(/C=C/[C@H]2CCNC2)cn1. The third-order valence-electron chi connectivity index (χ3n) is 3.99. The van der Waals surface area contributed by atoms with Crippen molar-refractivity contribution in [2.45, 2.75) is 30.8 Å². The number of aliphatic carboxylic acids is 1. The van der Waals surface area contributed by atoms with Crippen LogP contribution < -0.4 is 10.1 Å². The van der Waals surface area contributed by atoms with E-state index in [4.69, 9.17) is 10.2 Å². The lowest BCUT2D eigenvalue weighted by Gasteiger charge is -2.23. The van der Waals surface area contributed by atoms with E-state index < -0.39 is 42.4 Å². The van der Waals surface area contributed by atoms with Gasteiger partial charge in [-0.25, -0.2) is 19.6 Å². The van der Waals surface area contributed by atoms with Crippen molar-refractivity contribution >= 4 is 18.0 Å². The minimum atomic E-state index is -2.39. The number of carbonyl (C=O) groups excluding carboxylic acids is 1. The fraction of sp³-hybridized carbons (Fsp3) is 0.500. The van der Waals surface area contributed by atoms with Crippen molar-refractivity contribution in [3.8, 4) is 6.01 Å². The fourth-order valence-electron chi connectivity index (χ4n) is 2.36. The number of nitrogens with zero attached hydrogens (tertiary/aromatic N) is 2. The van der Waals surface area contributed by atoms with Gasteiger partial charge in [0.25, 0.3) is 0 Å². The maximum Gasteiger partial charge on any atom is 0.345 e. The Morgan fingerprint density at radius 3 is 2.33 bits per heavy atom. The second-order valence-corrected chi connectivity index (χ2v) is 6.04. The Kier molecular flexibility index (Phi) is 7.33. The number of ether oxygens (including phenoxy) is 1. The lowest BCUT2D eigenvalue weighted by Crippen LogP contribution is -2.51. The summed E-state index contributed by atoms with van der Waals surface area (Å²) in [6.45, 7) is 1.86. The predicted molar refractivity (Wildman–Crippen MR) is 89.3 cm³/mol. The van der Waals surface area contributed by atoms with Crippen molar-refractivity contribution in [1.82, 2.24) is 15.3 Å². The first-order valence-corrected chi connectivity index (χ1v) is 8.17. The smallest absolute Gasteiger partial charge is 0.345 e. The number of nitrogens with one attached hydrogen (secondary N) is 1. The Labute approximate surface area is 154 Å². The Bertz CT molecular complexity index is 675. The van der Waals surface area contributed by atoms with Crippen LogP contribution in [0.25, 0.3) is 6.08 Å². The summed E-state index contributed by atoms with van der Waals surface area (Å²) in [6, 6.07) is -0.404. The molecule has 0 unspecified atom stereocenters. The quantitative estimate of drug-likeness (QED) is 0.262. The Balaban J connectivity index is 1.91. The van der Waals surface area contributed by atoms with Crippen LogP contribution in [-0.4, -0.2) is 84.9 Å². The normalized spacial score (nSPS) is 21.6. The van der Waals surface area contributed by atoms with E-state index in [9.17, 15) is 24.9 Å². The molecular weight excluding hydrogens is 362 g/mol. The number of carboxylic acids is 1. The summed E-state index contributed by atoms with van der Waals surface area (Å²) in [7, 11) is 0. The van der Waals surface area contributed by atoms with Crippen LogP contribution in [0.5, 0.6) is 6.01 Å². The van der Waals surface area contributed by atoms with Crippen LogP contribution in [0.2, 0.25) is 0 Å². The maximum atomic E-state index is 11.8. The Morgan fingerprint density at radius 2 is 1.78 bits per heavy atom. The first kappa shape index (κ1) is 20.9. The molecule has 6 N–H and O–H groups in total. The molecule has 1 aromatic rings. The topological polar surface area (TPSA) is 182 Å². The third kappa shape index (κ3) is 5.77. The molecule has 2 rings (SSSR count). The summed E-state index contributed by atoms with van der Waals surface area (Å²) in [6.07, 6.45) is -1.64. The van der Waals surface area contributed by atoms with Gasteiger partial charge < -0.3 is 35.6 Å². The van der Waals surface area contributed by atoms with E-state index in [1.165, 1.54) is 12.4 Å². The molecule has 11 nitrogen and oxygen atoms in total. The molecule has 0 aromatic carbocycles. The standard InChI is InChI=1S/C16H21N3O8/c20-10(12(22)14(24)25)11(21)13(23)15(26)27-16-18-6-9(7-19-16)2-1-8-3-4-17-5-8/h1-2,6-8,10-13,17,20-23H,3-5H2,(H,24,25)/b2-1+/t8-,10+,11-,12-,13+/m0/s1. The van der Waals surface area contributed by atoms with Gasteiger partial charge in [0, 0.05) is 24.5 Å². The molecule has 2 heterocycles. The Hall–Kier alpha value is -2.44. The van der Waals surface area contributed by atoms with Gasteiger partial charge in [-0.05, 0) is 18.9 Å². The van der Waals surface area contributed by atoms with Crippen molar-refractivity contribution < 1.29 is 39.9 Å². The molecule has 0 amide bonds. The molecule has 148 valence electrons. The molecule has 1 aliphatic rings. The number of esters is 1. The van der Waals surface area contributed by atoms with Gasteiger partial charge in [-0.3, -0.25) is 0 Å². The molecule has 0 radical (unpaired) electrons. The van der Waals surface area contributed by atoms with E-state index in [-0.39, 0.29) is 0 Å². The minimum absolute atomic E-state index is 0.404. The summed E-state index contributed by atoms with van der Waals surface area (Å²) in [5.41, 5.74) is 0.669. The zero-order chi connectivity index (χ0) is 20.0. The maximum absolute atomic E-state index is 11.8. The van der Waals surface area contributed by atoms with E-state index in [1.54, 1.807) is 0 Å². The van der Waals surface area contributed by atoms with E-state index >= 15 is 0 Å². The monoisotopic (exact) mass is 383 g/mol. The molecule has 0 spiro atoms. The van der Waals surface area contributed by atoms with Gasteiger partial charge in [-0.1, -0.05) is 12.2 Å². The van der Waals surface area contributed by atoms with Crippen LogP contribution in [0.15, 0.2) is 18.5 Å². The zero-order valence-corrected chi connectivity index (χ0v) is 14.2. The molecular formula is C16H21N3O8. The number of aliphatic hydroxyl groups excluding tert-OH is 4. The number of carboxylic acid groups (broad SMARTS) is 1. The highest BCUT2D eigenvalue weighted by atomic mass is 16.6. The van der Waals surface area contributed by atoms with Crippen molar-refractivity contribution in [3.05, 3.63) is 24.0 Å². The molecule has 0 saturated carbocycles. The number of carbonyl (C=O) groups is 2. The molecule has 1 saturated heterocycles. The summed E-state index contributed by atoms with van der Waals surface area (Å²) in [5, 5.41) is 49.6. The first-order valence-electron chi connectivity index (χ1n) is 8.17. The molecule has 27 heavy (non-hydrogen) atoms. The van der Waals surface area contributed by atoms with E-state index in [0.29, 0.717) is 11.5 Å². The van der Waals surface area contributed by atoms with Crippen LogP contribution in [-0.2, 0) is 9.59 Å². The number of hydrogen-bond acceptors (Lipinski definition) is 10. The molecule has 0 aliphatic carbocycles. The highest BCUT2D eigenvalue weighted by Gasteiger charge is 2.38. The van der Waals surface area contributed by atoms with Crippen LogP contribution in [0.1, 0.15) is 12.0 Å². The van der Waals surface area contributed by atoms with Gasteiger partial charge in [0.15, 0.2) is 12.2 Å². The fourth-order valence-corrected chi connectivity index (χ4v) is 2.36. The van der Waals surface area contributed by atoms with Gasteiger partial charge in [0.1, 0.15) is 12.2 Å². The third-order valence-corrected chi connectivity index (χ3v) is 3.99. The molecule has 1 aromatic heterocycles. The summed E-state index contributed by atoms with van der Waals surface area (Å²) in [5.74, 6) is -2.83. The molecule has 1 aliphatic heterocycles. The van der Waals surface area contributed by atoms with Gasteiger partial charge in [-0.15, -0.1) is 0 Å². The van der Waals surface area contributed by atoms with Crippen LogP contribution in [0, 0.1) is 5.92 Å². The highest BCUT2D eigenvalue weighted by molar-refractivity contribution is 5.78. The van der Waals surface area contributed by atoms with Crippen molar-refractivity contribution in [2.75, 3.05) is 13.1 Å². The van der Waals surface area contributed by atoms with Gasteiger partial charge in [0.05, 0.1) is 0 Å². The van der Waals surface area contributed by atoms with Crippen molar-refractivity contribution in [3.63, 3.8) is 0 Å². The molecule has 11 heteroatoms. The summed E-state index contributed by atoms with van der Waals surface area (Å²) >= 11 is 0. The average Bonchev–Trinajstić information content (AvgIpc) is 3.18. The molecule has 1 fully saturated rings. The Morgan fingerprint density at radius 1 is 1.15 bits per heavy atom. The average molecular weight is 383 g/mol. The number of hydrogen-bond donors (Lipinski definition) is 6. The highest BCUT2D eigenvalue weighted by Crippen LogP contribution is 2.13. The van der Waals surface area contributed by atoms with Gasteiger partial charge in [0.2, 0.25) is 0 Å². The summed E-state index contributed by atoms with van der Waals surface area (Å²) < 4.78 is 4.68. The number of aromatic nitrogens is 2. The van der Waals surface area contributed by atoms with Gasteiger partial charge >= 0.3 is 17.9 Å². The lowest BCUT2D eigenvalue weighted by atomic mass is 10.0. The van der Waals surface area contributed by atoms with Crippen LogP contribution in [0.3, 0.4) is 0 Å². The summed E-state index contributed by atoms with van der Waals surface area (Å²) in [4.78, 5) is 29.9. The van der Waals surface area contributed by atoms with Gasteiger partial charge in [-0.2, -0.15) is 0 Å². The van der Waals surface area contributed by atoms with Crippen LogP contribution >= 0.6 is 0 Å². The second-order valence-electron chi connectivity index (χ2n) is 6.04. The molecule has 5 atom stereocenters. The number of rotatable bonds is 8. The van der Waals surface area contributed by atoms with E-state index in [1.807, 2.05) is 12.2 Å². The van der Waals surface area contributed by atoms with Crippen molar-refractivity contribution in [1.29, 1.82) is 0 Å². The van der Waals surface area contributed by atoms with E-state index in [0.717, 1.165) is 19.5 Å².